The van der Waals surface area contributed by atoms with E-state index in [-0.39, 0.29) is 5.91 Å². The van der Waals surface area contributed by atoms with Crippen molar-refractivity contribution in [1.29, 1.82) is 0 Å². The molecular weight excluding hydrogens is 549 g/mol. The van der Waals surface area contributed by atoms with Gasteiger partial charge in [0.25, 0.3) is 5.91 Å². The molecule has 0 radical (unpaired) electrons. The zero-order chi connectivity index (χ0) is 25.4. The minimum Gasteiger partial charge on any atom is -0.354 e. The minimum absolute atomic E-state index is 0.0219. The predicted octanol–water partition coefficient (Wildman–Crippen LogP) is 7.31. The number of hydrogen-bond donors (Lipinski definition) is 0. The van der Waals surface area contributed by atoms with Crippen LogP contribution in [-0.4, -0.2) is 44.0 Å². The van der Waals surface area contributed by atoms with Gasteiger partial charge < -0.3 is 9.42 Å². The van der Waals surface area contributed by atoms with E-state index >= 15 is 0 Å². The first-order chi connectivity index (χ1) is 18.0. The van der Waals surface area contributed by atoms with E-state index in [0.29, 0.717) is 46.2 Å². The molecule has 0 spiro atoms. The van der Waals surface area contributed by atoms with Crippen molar-refractivity contribution < 1.29 is 9.32 Å². The second-order valence-corrected chi connectivity index (χ2v) is 11.2. The summed E-state index contributed by atoms with van der Waals surface area (Å²) < 4.78 is 5.56. The molecule has 0 bridgehead atoms. The van der Waals surface area contributed by atoms with Crippen LogP contribution >= 0.6 is 45.9 Å². The van der Waals surface area contributed by atoms with Crippen LogP contribution in [0.1, 0.15) is 34.3 Å². The van der Waals surface area contributed by atoms with Crippen LogP contribution in [0.15, 0.2) is 64.1 Å². The number of likely N-dealkylation sites (tertiary alicyclic amines) is 1. The number of amides is 1. The number of nitrogens with zero attached hydrogens (tertiary/aromatic N) is 5. The number of hydrogen-bond acceptors (Lipinski definition) is 8. The zero-order valence-corrected chi connectivity index (χ0v) is 22.4. The summed E-state index contributed by atoms with van der Waals surface area (Å²) in [6.07, 6.45) is 5.16. The van der Waals surface area contributed by atoms with Crippen molar-refractivity contribution in [2.75, 3.05) is 13.1 Å². The van der Waals surface area contributed by atoms with Gasteiger partial charge in [-0.25, -0.2) is 9.97 Å². The van der Waals surface area contributed by atoms with Gasteiger partial charge in [-0.3, -0.25) is 9.78 Å². The number of carbonyl (C=O) groups excluding carboxylic acids is 1. The van der Waals surface area contributed by atoms with Gasteiger partial charge in [0.15, 0.2) is 5.76 Å². The Kier molecular flexibility index (Phi) is 6.77. The summed E-state index contributed by atoms with van der Waals surface area (Å²) in [6, 6.07) is 11.0. The van der Waals surface area contributed by atoms with Crippen LogP contribution in [0.4, 0.5) is 0 Å². The Morgan fingerprint density at radius 2 is 1.73 bits per heavy atom. The molecule has 0 N–H and O–H groups in total. The van der Waals surface area contributed by atoms with Gasteiger partial charge in [-0.15, -0.1) is 22.7 Å². The maximum absolute atomic E-state index is 13.0. The SMILES string of the molecule is O=C(c1csc(-c2ccncc2)n1)N1CCC(c2nc(-c3cc(-c4ccc(Cl)c(Cl)c4)no3)cs2)CC1. The first-order valence-corrected chi connectivity index (χ1v) is 14.1. The molecular formula is C26H19Cl2N5O2S2. The number of aromatic nitrogens is 4. The molecule has 186 valence electrons. The zero-order valence-electron chi connectivity index (χ0n) is 19.3. The summed E-state index contributed by atoms with van der Waals surface area (Å²) in [7, 11) is 0. The third kappa shape index (κ3) is 5.04. The lowest BCUT2D eigenvalue weighted by Gasteiger charge is -2.30. The Labute approximate surface area is 230 Å². The highest BCUT2D eigenvalue weighted by atomic mass is 35.5. The van der Waals surface area contributed by atoms with E-state index < -0.39 is 0 Å². The van der Waals surface area contributed by atoms with Crippen LogP contribution < -0.4 is 0 Å². The first kappa shape index (κ1) is 24.2. The molecule has 1 aliphatic rings. The highest BCUT2D eigenvalue weighted by Crippen LogP contribution is 2.35. The second-order valence-electron chi connectivity index (χ2n) is 8.62. The molecule has 1 aromatic carbocycles. The van der Waals surface area contributed by atoms with E-state index in [1.807, 2.05) is 39.9 Å². The highest BCUT2D eigenvalue weighted by Gasteiger charge is 2.28. The van der Waals surface area contributed by atoms with Crippen LogP contribution in [0.25, 0.3) is 33.3 Å². The summed E-state index contributed by atoms with van der Waals surface area (Å²) in [5.41, 5.74) is 3.71. The van der Waals surface area contributed by atoms with E-state index in [1.54, 1.807) is 35.9 Å². The minimum atomic E-state index is -0.0219. The number of halogens is 2. The largest absolute Gasteiger partial charge is 0.354 e. The Morgan fingerprint density at radius 3 is 2.51 bits per heavy atom. The summed E-state index contributed by atoms with van der Waals surface area (Å²) >= 11 is 15.2. The van der Waals surface area contributed by atoms with Gasteiger partial charge in [0.05, 0.1) is 15.1 Å². The molecule has 37 heavy (non-hydrogen) atoms. The van der Waals surface area contributed by atoms with Gasteiger partial charge in [-0.2, -0.15) is 0 Å². The molecule has 0 aliphatic carbocycles. The van der Waals surface area contributed by atoms with E-state index in [2.05, 4.69) is 15.1 Å². The predicted molar refractivity (Wildman–Crippen MR) is 146 cm³/mol. The van der Waals surface area contributed by atoms with Crippen LogP contribution in [0, 0.1) is 0 Å². The number of thiazole rings is 2. The smallest absolute Gasteiger partial charge is 0.273 e. The van der Waals surface area contributed by atoms with Gasteiger partial charge in [0.1, 0.15) is 22.1 Å². The van der Waals surface area contributed by atoms with Crippen LogP contribution in [-0.2, 0) is 0 Å². The van der Waals surface area contributed by atoms with Gasteiger partial charge in [-0.1, -0.05) is 34.4 Å². The molecule has 1 aliphatic heterocycles. The van der Waals surface area contributed by atoms with Crippen molar-refractivity contribution in [3.05, 3.63) is 80.3 Å². The average molecular weight is 569 g/mol. The summed E-state index contributed by atoms with van der Waals surface area (Å²) in [5, 5.41) is 10.8. The molecule has 1 saturated heterocycles. The van der Waals surface area contributed by atoms with Gasteiger partial charge >= 0.3 is 0 Å². The third-order valence-electron chi connectivity index (χ3n) is 6.28. The fourth-order valence-electron chi connectivity index (χ4n) is 4.27. The lowest BCUT2D eigenvalue weighted by molar-refractivity contribution is 0.0708. The second kappa shape index (κ2) is 10.3. The Bertz CT molecular complexity index is 1560. The molecule has 0 saturated carbocycles. The van der Waals surface area contributed by atoms with Gasteiger partial charge in [-0.05, 0) is 37.1 Å². The van der Waals surface area contributed by atoms with Crippen molar-refractivity contribution in [3.8, 4) is 33.3 Å². The van der Waals surface area contributed by atoms with Crippen molar-refractivity contribution >= 4 is 51.8 Å². The fraction of sp³-hybridized carbons (Fsp3) is 0.192. The molecule has 5 heterocycles. The highest BCUT2D eigenvalue weighted by molar-refractivity contribution is 7.13. The van der Waals surface area contributed by atoms with E-state index in [0.717, 1.165) is 39.7 Å². The summed E-state index contributed by atoms with van der Waals surface area (Å²) in [6.45, 7) is 1.34. The lowest BCUT2D eigenvalue weighted by Crippen LogP contribution is -2.38. The number of carbonyl (C=O) groups is 1. The topological polar surface area (TPSA) is 85.0 Å². The number of pyridine rings is 1. The maximum atomic E-state index is 13.0. The number of benzene rings is 1. The molecule has 5 aromatic rings. The first-order valence-electron chi connectivity index (χ1n) is 11.6. The molecule has 4 aromatic heterocycles. The standard InChI is InChI=1S/C26H19Cl2N5O2S2/c27-18-2-1-17(11-19(18)28)20-12-23(35-32-20)21-13-36-25(30-21)16-5-9-33(10-6-16)26(34)22-14-37-24(31-22)15-3-7-29-8-4-15/h1-4,7-8,11-14,16H,5-6,9-10H2. The quantitative estimate of drug-likeness (QED) is 0.221. The summed E-state index contributed by atoms with van der Waals surface area (Å²) in [5.74, 6) is 0.874. The molecule has 6 rings (SSSR count). The van der Waals surface area contributed by atoms with Crippen LogP contribution in [0.2, 0.25) is 10.0 Å². The van der Waals surface area contributed by atoms with Crippen LogP contribution in [0.3, 0.4) is 0 Å². The summed E-state index contributed by atoms with van der Waals surface area (Å²) in [4.78, 5) is 28.4. The van der Waals surface area contributed by atoms with E-state index in [4.69, 9.17) is 32.7 Å². The third-order valence-corrected chi connectivity index (χ3v) is 8.92. The molecule has 1 fully saturated rings. The number of rotatable bonds is 5. The molecule has 11 heteroatoms. The van der Waals surface area contributed by atoms with E-state index in [9.17, 15) is 4.79 Å². The Hall–Kier alpha value is -3.11. The van der Waals surface area contributed by atoms with Crippen molar-refractivity contribution in [1.82, 2.24) is 25.0 Å². The van der Waals surface area contributed by atoms with Gasteiger partial charge in [0, 0.05) is 59.4 Å². The molecule has 0 unspecified atom stereocenters. The molecule has 1 amide bonds. The normalized spacial score (nSPS) is 14.3. The van der Waals surface area contributed by atoms with Crippen molar-refractivity contribution in [2.45, 2.75) is 18.8 Å². The Balaban J connectivity index is 1.09. The van der Waals surface area contributed by atoms with Crippen molar-refractivity contribution in [2.24, 2.45) is 0 Å². The lowest BCUT2D eigenvalue weighted by atomic mass is 9.97. The average Bonchev–Trinajstić information content (AvgIpc) is 3.71. The molecule has 0 atom stereocenters. The van der Waals surface area contributed by atoms with Crippen LogP contribution in [0.5, 0.6) is 0 Å². The monoisotopic (exact) mass is 567 g/mol. The fourth-order valence-corrected chi connectivity index (χ4v) is 6.34. The maximum Gasteiger partial charge on any atom is 0.273 e. The van der Waals surface area contributed by atoms with E-state index in [1.165, 1.54) is 11.3 Å². The van der Waals surface area contributed by atoms with Gasteiger partial charge in [0.2, 0.25) is 0 Å². The number of piperidine rings is 1. The molecule has 7 nitrogen and oxygen atoms in total. The Morgan fingerprint density at radius 1 is 0.919 bits per heavy atom. The van der Waals surface area contributed by atoms with Crippen molar-refractivity contribution in [3.63, 3.8) is 0 Å².